The lowest BCUT2D eigenvalue weighted by Gasteiger charge is -2.36. The van der Waals surface area contributed by atoms with Gasteiger partial charge >= 0.3 is 0 Å². The van der Waals surface area contributed by atoms with E-state index in [1.165, 1.54) is 17.0 Å². The quantitative estimate of drug-likeness (QED) is 0.324. The molecule has 4 rings (SSSR count). The Hall–Kier alpha value is -3.28. The Labute approximate surface area is 242 Å². The van der Waals surface area contributed by atoms with Crippen molar-refractivity contribution in [3.8, 4) is 0 Å². The molecular weight excluding hydrogens is 562 g/mol. The summed E-state index contributed by atoms with van der Waals surface area (Å²) >= 11 is 0. The van der Waals surface area contributed by atoms with Crippen LogP contribution in [0.15, 0.2) is 77.7 Å². The molecule has 1 aliphatic heterocycles. The van der Waals surface area contributed by atoms with Crippen LogP contribution in [0, 0.1) is 11.8 Å². The van der Waals surface area contributed by atoms with E-state index in [-0.39, 0.29) is 23.7 Å². The van der Waals surface area contributed by atoms with Crippen molar-refractivity contribution in [3.05, 3.63) is 78.4 Å². The highest BCUT2D eigenvalue weighted by Gasteiger charge is 2.48. The van der Waals surface area contributed by atoms with Gasteiger partial charge in [0.2, 0.25) is 11.8 Å². The molecule has 2 unspecified atom stereocenters. The third-order valence-electron chi connectivity index (χ3n) is 7.69. The molecule has 9 nitrogen and oxygen atoms in total. The third-order valence-corrected chi connectivity index (χ3v) is 11.3. The molecule has 1 fully saturated rings. The van der Waals surface area contributed by atoms with E-state index in [0.29, 0.717) is 36.9 Å². The van der Waals surface area contributed by atoms with Gasteiger partial charge in [-0.1, -0.05) is 60.7 Å². The fourth-order valence-corrected chi connectivity index (χ4v) is 8.97. The van der Waals surface area contributed by atoms with Crippen LogP contribution in [0.3, 0.4) is 0 Å². The zero-order valence-electron chi connectivity index (χ0n) is 23.3. The summed E-state index contributed by atoms with van der Waals surface area (Å²) in [6.07, 6.45) is 0.872. The predicted octanol–water partition coefficient (Wildman–Crippen LogP) is 3.11. The van der Waals surface area contributed by atoms with Crippen LogP contribution in [-0.4, -0.2) is 65.0 Å². The molecule has 220 valence electrons. The molecule has 0 radical (unpaired) electrons. The second-order valence-corrected chi connectivity index (χ2v) is 14.2. The second kappa shape index (κ2) is 13.1. The number of fused-ring (bicyclic) bond motifs is 1. The highest BCUT2D eigenvalue weighted by atomic mass is 32.2. The van der Waals surface area contributed by atoms with Crippen LogP contribution < -0.4 is 10.0 Å². The van der Waals surface area contributed by atoms with Crippen LogP contribution in [0.4, 0.5) is 0 Å². The number of carbonyl (C=O) groups excluding carboxylic acids is 2. The van der Waals surface area contributed by atoms with Gasteiger partial charge in [-0.2, -0.15) is 0 Å². The van der Waals surface area contributed by atoms with Gasteiger partial charge in [-0.25, -0.2) is 21.6 Å². The fourth-order valence-electron chi connectivity index (χ4n) is 5.57. The zero-order valence-corrected chi connectivity index (χ0v) is 25.0. The summed E-state index contributed by atoms with van der Waals surface area (Å²) in [7, 11) is -8.51. The van der Waals surface area contributed by atoms with Crippen LogP contribution >= 0.6 is 0 Å². The maximum Gasteiger partial charge on any atom is 0.264 e. The smallest absolute Gasteiger partial charge is 0.264 e. The van der Waals surface area contributed by atoms with E-state index in [9.17, 15) is 26.4 Å². The molecule has 3 aromatic rings. The number of nitrogens with one attached hydrogen (secondary N) is 2. The standard InChI is InChI=1S/C30H37N3O6S2/c1-3-33(4-2)30(35)27(29(34)32-41(38,39)26-15-14-23-12-8-9-13-25(23)20-26)28(24-16-18-31-19-17-24)40(36,37)21-22-10-6-5-7-11-22/h5-15,20,24,27-28,31H,3-4,16-19,21H2,1-2H3,(H,32,34). The van der Waals surface area contributed by atoms with E-state index < -0.39 is 48.8 Å². The van der Waals surface area contributed by atoms with Crippen LogP contribution in [0.2, 0.25) is 0 Å². The zero-order chi connectivity index (χ0) is 29.6. The number of sulfone groups is 1. The number of rotatable bonds is 11. The molecule has 2 N–H and O–H groups in total. The molecular formula is C30H37N3O6S2. The Morgan fingerprint density at radius 2 is 1.49 bits per heavy atom. The molecule has 0 spiro atoms. The summed E-state index contributed by atoms with van der Waals surface area (Å²) in [5, 5.41) is 3.29. The van der Waals surface area contributed by atoms with Crippen molar-refractivity contribution in [2.75, 3.05) is 26.2 Å². The Balaban J connectivity index is 1.77. The first-order valence-electron chi connectivity index (χ1n) is 13.9. The summed E-state index contributed by atoms with van der Waals surface area (Å²) in [5.74, 6) is -4.43. The van der Waals surface area contributed by atoms with Crippen LogP contribution in [0.1, 0.15) is 32.3 Å². The molecule has 2 amide bonds. The van der Waals surface area contributed by atoms with Crippen molar-refractivity contribution < 1.29 is 26.4 Å². The molecule has 0 bridgehead atoms. The lowest BCUT2D eigenvalue weighted by molar-refractivity contribution is -0.141. The van der Waals surface area contributed by atoms with Crippen molar-refractivity contribution in [1.82, 2.24) is 14.9 Å². The lowest BCUT2D eigenvalue weighted by Crippen LogP contribution is -2.55. The van der Waals surface area contributed by atoms with Gasteiger partial charge in [-0.15, -0.1) is 0 Å². The fraction of sp³-hybridized carbons (Fsp3) is 0.400. The molecule has 0 saturated carbocycles. The Morgan fingerprint density at radius 3 is 2.12 bits per heavy atom. The monoisotopic (exact) mass is 599 g/mol. The molecule has 3 aromatic carbocycles. The Bertz CT molecular complexity index is 1580. The van der Waals surface area contributed by atoms with Gasteiger partial charge in [-0.05, 0) is 74.2 Å². The molecule has 1 aliphatic rings. The van der Waals surface area contributed by atoms with Crippen LogP contribution in [0.25, 0.3) is 10.8 Å². The van der Waals surface area contributed by atoms with E-state index in [0.717, 1.165) is 5.39 Å². The SMILES string of the molecule is CCN(CC)C(=O)C(C(=O)NS(=O)(=O)c1ccc2ccccc2c1)C(C1CCNCC1)S(=O)(=O)Cc1ccccc1. The minimum Gasteiger partial charge on any atom is -0.343 e. The summed E-state index contributed by atoms with van der Waals surface area (Å²) in [5.41, 5.74) is 0.532. The Morgan fingerprint density at radius 1 is 0.878 bits per heavy atom. The van der Waals surface area contributed by atoms with Gasteiger partial charge in [0.25, 0.3) is 10.0 Å². The number of carbonyl (C=O) groups is 2. The lowest BCUT2D eigenvalue weighted by atomic mass is 9.86. The number of amides is 2. The van der Waals surface area contributed by atoms with Gasteiger partial charge in [-0.3, -0.25) is 9.59 Å². The second-order valence-electron chi connectivity index (χ2n) is 10.3. The highest BCUT2D eigenvalue weighted by Crippen LogP contribution is 2.32. The van der Waals surface area contributed by atoms with Crippen LogP contribution in [-0.2, 0) is 35.2 Å². The molecule has 41 heavy (non-hydrogen) atoms. The van der Waals surface area contributed by atoms with Gasteiger partial charge in [0, 0.05) is 13.1 Å². The molecule has 1 heterocycles. The molecule has 1 saturated heterocycles. The molecule has 0 aliphatic carbocycles. The first-order chi connectivity index (χ1) is 19.6. The maximum absolute atomic E-state index is 14.1. The van der Waals surface area contributed by atoms with Crippen molar-refractivity contribution in [2.45, 2.75) is 42.6 Å². The van der Waals surface area contributed by atoms with Crippen LogP contribution in [0.5, 0.6) is 0 Å². The van der Waals surface area contributed by atoms with E-state index in [1.54, 1.807) is 62.4 Å². The average molecular weight is 600 g/mol. The Kier molecular flexibility index (Phi) is 9.83. The first kappa shape index (κ1) is 30.7. The number of benzene rings is 3. The van der Waals surface area contributed by atoms with E-state index in [1.807, 2.05) is 12.1 Å². The van der Waals surface area contributed by atoms with Crippen molar-refractivity contribution >= 4 is 42.4 Å². The normalized spacial score (nSPS) is 16.1. The summed E-state index contributed by atoms with van der Waals surface area (Å²) < 4.78 is 57.2. The van der Waals surface area contributed by atoms with Gasteiger partial charge < -0.3 is 10.2 Å². The molecule has 0 aromatic heterocycles. The highest BCUT2D eigenvalue weighted by molar-refractivity contribution is 7.91. The average Bonchev–Trinajstić information content (AvgIpc) is 2.96. The summed E-state index contributed by atoms with van der Waals surface area (Å²) in [4.78, 5) is 29.1. The van der Waals surface area contributed by atoms with Crippen molar-refractivity contribution in [3.63, 3.8) is 0 Å². The number of nitrogens with zero attached hydrogens (tertiary/aromatic N) is 1. The number of sulfonamides is 1. The van der Waals surface area contributed by atoms with Gasteiger partial charge in [0.1, 0.15) is 5.92 Å². The summed E-state index contributed by atoms with van der Waals surface area (Å²) in [6, 6.07) is 20.3. The van der Waals surface area contributed by atoms with Crippen molar-refractivity contribution in [2.24, 2.45) is 11.8 Å². The van der Waals surface area contributed by atoms with Gasteiger partial charge in [0.15, 0.2) is 9.84 Å². The first-order valence-corrected chi connectivity index (χ1v) is 17.1. The number of hydrogen-bond acceptors (Lipinski definition) is 7. The van der Waals surface area contributed by atoms with E-state index in [4.69, 9.17) is 0 Å². The minimum absolute atomic E-state index is 0.149. The third kappa shape index (κ3) is 7.14. The molecule has 2 atom stereocenters. The number of piperidine rings is 1. The van der Waals surface area contributed by atoms with E-state index >= 15 is 0 Å². The predicted molar refractivity (Wildman–Crippen MR) is 159 cm³/mol. The number of hydrogen-bond donors (Lipinski definition) is 2. The summed E-state index contributed by atoms with van der Waals surface area (Å²) in [6.45, 7) is 5.03. The molecule has 11 heteroatoms. The topological polar surface area (TPSA) is 130 Å². The largest absolute Gasteiger partial charge is 0.343 e. The minimum atomic E-state index is -4.41. The van der Waals surface area contributed by atoms with Crippen molar-refractivity contribution in [1.29, 1.82) is 0 Å². The van der Waals surface area contributed by atoms with E-state index in [2.05, 4.69) is 10.0 Å². The maximum atomic E-state index is 14.1. The van der Waals surface area contributed by atoms with Gasteiger partial charge in [0.05, 0.1) is 15.9 Å².